The molecule has 2 N–H and O–H groups in total. The fourth-order valence-electron chi connectivity index (χ4n) is 8.55. The number of carbonyl (C=O) groups excluding carboxylic acids is 1. The van der Waals surface area contributed by atoms with Crippen molar-refractivity contribution in [1.82, 2.24) is 34.9 Å². The standard InChI is InChI=1S/C35H44F3N9O3/c1-20-15-25-26(17-24(20)31-30(35(36,37)38)21(2)16-27(39)42-31)41-33(49-19-34-10-5-12-47(34)13-6-11-34)43-32(25)45(4)23-9-14-46(18-23)29(48)8-7-28-40-22(3)44-50-28/h7-8,16,20,23-24H,5-6,9-15,17-19H2,1-4H3,(H2,39,42)/b8-7+/t20?,23-,24?/m1/s1. The van der Waals surface area contributed by atoms with Gasteiger partial charge in [-0.25, -0.2) is 4.98 Å². The Morgan fingerprint density at radius 3 is 2.60 bits per heavy atom. The molecule has 0 radical (unpaired) electrons. The SMILES string of the molecule is Cc1noc(/C=C/C(=O)N2CC[C@@H](N(C)c3nc(OCC45CCCN4CCC5)nc4c3CC(C)C(c3nc(N)cc(C)c3C(F)(F)F)C4)C2)n1. The summed E-state index contributed by atoms with van der Waals surface area (Å²) in [6, 6.07) is 1.46. The molecular formula is C35H44F3N9O3. The van der Waals surface area contributed by atoms with Crippen LogP contribution in [0.5, 0.6) is 6.01 Å². The molecule has 3 aliphatic heterocycles. The minimum absolute atomic E-state index is 0.0350. The second kappa shape index (κ2) is 13.1. The molecule has 4 aliphatic rings. The van der Waals surface area contributed by atoms with Crippen LogP contribution in [0, 0.1) is 19.8 Å². The second-order valence-electron chi connectivity index (χ2n) is 14.4. The number of hydrogen-bond donors (Lipinski definition) is 1. The Kier molecular flexibility index (Phi) is 8.97. The van der Waals surface area contributed by atoms with Gasteiger partial charge < -0.3 is 24.8 Å². The van der Waals surface area contributed by atoms with E-state index in [0.717, 1.165) is 44.3 Å². The normalized spacial score (nSPS) is 23.4. The fourth-order valence-corrected chi connectivity index (χ4v) is 8.55. The van der Waals surface area contributed by atoms with Crippen LogP contribution in [0.1, 0.15) is 84.7 Å². The Morgan fingerprint density at radius 1 is 1.14 bits per heavy atom. The lowest BCUT2D eigenvalue weighted by molar-refractivity contribution is -0.139. The van der Waals surface area contributed by atoms with E-state index in [4.69, 9.17) is 25.0 Å². The van der Waals surface area contributed by atoms with E-state index in [2.05, 4.69) is 24.9 Å². The molecule has 3 aromatic rings. The monoisotopic (exact) mass is 695 g/mol. The van der Waals surface area contributed by atoms with Crippen LogP contribution in [-0.4, -0.2) is 92.2 Å². The largest absolute Gasteiger partial charge is 0.461 e. The molecule has 3 saturated heterocycles. The van der Waals surface area contributed by atoms with Crippen LogP contribution in [0.3, 0.4) is 0 Å². The number of nitrogen functional groups attached to an aromatic ring is 1. The molecule has 3 aromatic heterocycles. The van der Waals surface area contributed by atoms with Crippen molar-refractivity contribution in [2.24, 2.45) is 5.92 Å². The number of fused-ring (bicyclic) bond motifs is 2. The summed E-state index contributed by atoms with van der Waals surface area (Å²) in [4.78, 5) is 37.7. The molecule has 0 saturated carbocycles. The topological polar surface area (TPSA) is 140 Å². The van der Waals surface area contributed by atoms with Crippen LogP contribution in [-0.2, 0) is 23.8 Å². The first kappa shape index (κ1) is 34.2. The molecule has 7 rings (SSSR count). The number of nitrogens with two attached hydrogens (primary N) is 1. The van der Waals surface area contributed by atoms with Gasteiger partial charge in [0.05, 0.1) is 22.5 Å². The number of alkyl halides is 3. The van der Waals surface area contributed by atoms with Gasteiger partial charge in [-0.3, -0.25) is 9.69 Å². The second-order valence-corrected chi connectivity index (χ2v) is 14.4. The minimum atomic E-state index is -4.58. The van der Waals surface area contributed by atoms with Crippen LogP contribution in [0.15, 0.2) is 16.7 Å². The Bertz CT molecular complexity index is 1780. The summed E-state index contributed by atoms with van der Waals surface area (Å²) < 4.78 is 54.8. The molecular weight excluding hydrogens is 651 g/mol. The Balaban J connectivity index is 1.19. The molecule has 12 nitrogen and oxygen atoms in total. The van der Waals surface area contributed by atoms with E-state index in [0.29, 0.717) is 49.9 Å². The van der Waals surface area contributed by atoms with E-state index >= 15 is 0 Å². The van der Waals surface area contributed by atoms with Crippen LogP contribution in [0.25, 0.3) is 6.08 Å². The Morgan fingerprint density at radius 2 is 1.90 bits per heavy atom. The molecule has 1 amide bonds. The van der Waals surface area contributed by atoms with Gasteiger partial charge in [-0.15, -0.1) is 0 Å². The van der Waals surface area contributed by atoms with Gasteiger partial charge in [0, 0.05) is 49.8 Å². The lowest BCUT2D eigenvalue weighted by Crippen LogP contribution is -2.43. The average molecular weight is 696 g/mol. The first-order valence-electron chi connectivity index (χ1n) is 17.4. The van der Waals surface area contributed by atoms with Crippen LogP contribution in [0.4, 0.5) is 24.8 Å². The number of nitrogens with zero attached hydrogens (tertiary/aromatic N) is 8. The first-order valence-corrected chi connectivity index (χ1v) is 17.4. The maximum Gasteiger partial charge on any atom is 0.418 e. The summed E-state index contributed by atoms with van der Waals surface area (Å²) in [7, 11) is 1.96. The maximum absolute atomic E-state index is 14.4. The fraction of sp³-hybridized carbons (Fsp3) is 0.600. The molecule has 268 valence electrons. The van der Waals surface area contributed by atoms with Gasteiger partial charge in [0.15, 0.2) is 5.82 Å². The van der Waals surface area contributed by atoms with Gasteiger partial charge in [-0.2, -0.15) is 28.1 Å². The van der Waals surface area contributed by atoms with Crippen LogP contribution in [0.2, 0.25) is 0 Å². The van der Waals surface area contributed by atoms with Crippen molar-refractivity contribution in [1.29, 1.82) is 0 Å². The number of aryl methyl sites for hydroxylation is 2. The summed E-state index contributed by atoms with van der Waals surface area (Å²) >= 11 is 0. The summed E-state index contributed by atoms with van der Waals surface area (Å²) in [5.74, 6) is 0.575. The lowest BCUT2D eigenvalue weighted by atomic mass is 9.75. The highest BCUT2D eigenvalue weighted by Crippen LogP contribution is 2.45. The average Bonchev–Trinajstić information content (AvgIpc) is 3.86. The third kappa shape index (κ3) is 6.51. The Hall–Kier alpha value is -4.27. The molecule has 15 heteroatoms. The molecule has 3 fully saturated rings. The Labute approximate surface area is 289 Å². The van der Waals surface area contributed by atoms with Gasteiger partial charge >= 0.3 is 12.2 Å². The zero-order valence-electron chi connectivity index (χ0n) is 29.0. The number of aromatic nitrogens is 5. The summed E-state index contributed by atoms with van der Waals surface area (Å²) in [6.07, 6.45) is 4.12. The quantitative estimate of drug-likeness (QED) is 0.327. The summed E-state index contributed by atoms with van der Waals surface area (Å²) in [5, 5.41) is 3.75. The lowest BCUT2D eigenvalue weighted by Gasteiger charge is -2.36. The number of amides is 1. The third-order valence-corrected chi connectivity index (χ3v) is 11.1. The van der Waals surface area contributed by atoms with Gasteiger partial charge in [0.1, 0.15) is 18.2 Å². The van der Waals surface area contributed by atoms with Crippen molar-refractivity contribution in [3.63, 3.8) is 0 Å². The highest BCUT2D eigenvalue weighted by molar-refractivity contribution is 5.91. The van der Waals surface area contributed by atoms with E-state index in [-0.39, 0.29) is 58.8 Å². The predicted octanol–water partition coefficient (Wildman–Crippen LogP) is 4.75. The molecule has 3 atom stereocenters. The number of hydrogen-bond acceptors (Lipinski definition) is 11. The van der Waals surface area contributed by atoms with Gasteiger partial charge in [-0.1, -0.05) is 12.1 Å². The highest BCUT2D eigenvalue weighted by atomic mass is 19.4. The van der Waals surface area contributed by atoms with E-state index in [1.54, 1.807) is 11.8 Å². The number of halogens is 3. The van der Waals surface area contributed by atoms with Crippen LogP contribution < -0.4 is 15.4 Å². The van der Waals surface area contributed by atoms with Gasteiger partial charge in [-0.05, 0) is 89.4 Å². The van der Waals surface area contributed by atoms with Gasteiger partial charge in [0.25, 0.3) is 5.89 Å². The molecule has 6 heterocycles. The van der Waals surface area contributed by atoms with E-state index in [1.807, 2.05) is 14.0 Å². The van der Waals surface area contributed by atoms with E-state index < -0.39 is 17.7 Å². The number of rotatable bonds is 8. The number of likely N-dealkylation sites (N-methyl/N-ethyl adjacent to an activating group) is 1. The van der Waals surface area contributed by atoms with Crippen molar-refractivity contribution in [2.45, 2.75) is 89.4 Å². The molecule has 0 aromatic carbocycles. The maximum atomic E-state index is 14.4. The van der Waals surface area contributed by atoms with E-state index in [1.165, 1.54) is 25.1 Å². The van der Waals surface area contributed by atoms with E-state index in [9.17, 15) is 18.0 Å². The zero-order chi connectivity index (χ0) is 35.4. The van der Waals surface area contributed by atoms with Crippen molar-refractivity contribution in [3.8, 4) is 6.01 Å². The molecule has 2 unspecified atom stereocenters. The number of anilines is 2. The molecule has 1 aliphatic carbocycles. The van der Waals surface area contributed by atoms with Crippen molar-refractivity contribution in [3.05, 3.63) is 51.9 Å². The van der Waals surface area contributed by atoms with Crippen molar-refractivity contribution in [2.75, 3.05) is 50.5 Å². The zero-order valence-corrected chi connectivity index (χ0v) is 29.0. The number of ether oxygens (including phenoxy) is 1. The molecule has 50 heavy (non-hydrogen) atoms. The van der Waals surface area contributed by atoms with Gasteiger partial charge in [0.2, 0.25) is 5.91 Å². The molecule has 0 bridgehead atoms. The number of pyridine rings is 1. The highest BCUT2D eigenvalue weighted by Gasteiger charge is 2.46. The molecule has 0 spiro atoms. The van der Waals surface area contributed by atoms with Crippen molar-refractivity contribution < 1.29 is 27.2 Å². The number of carbonyl (C=O) groups is 1. The first-order chi connectivity index (χ1) is 23.8. The minimum Gasteiger partial charge on any atom is -0.461 e. The van der Waals surface area contributed by atoms with Crippen molar-refractivity contribution >= 4 is 23.6 Å². The number of likely N-dealkylation sites (tertiary alicyclic amines) is 1. The van der Waals surface area contributed by atoms with Crippen LogP contribution >= 0.6 is 0 Å². The third-order valence-electron chi connectivity index (χ3n) is 11.1. The summed E-state index contributed by atoms with van der Waals surface area (Å²) in [5.41, 5.74) is 6.83. The smallest absolute Gasteiger partial charge is 0.418 e. The predicted molar refractivity (Wildman–Crippen MR) is 179 cm³/mol. The summed E-state index contributed by atoms with van der Waals surface area (Å²) in [6.45, 7) is 8.67.